The number of phenols is 1. The van der Waals surface area contributed by atoms with Gasteiger partial charge in [0.2, 0.25) is 5.95 Å². The number of aromatic nitrogens is 2. The summed E-state index contributed by atoms with van der Waals surface area (Å²) in [6.07, 6.45) is 1.75. The highest BCUT2D eigenvalue weighted by Gasteiger charge is 2.12. The minimum absolute atomic E-state index is 0.240. The van der Waals surface area contributed by atoms with E-state index in [0.717, 1.165) is 16.8 Å². The Labute approximate surface area is 145 Å². The van der Waals surface area contributed by atoms with E-state index in [0.29, 0.717) is 25.6 Å². The van der Waals surface area contributed by atoms with Crippen LogP contribution in [-0.4, -0.2) is 28.4 Å². The third-order valence-electron chi connectivity index (χ3n) is 3.94. The Morgan fingerprint density at radius 2 is 1.92 bits per heavy atom. The van der Waals surface area contributed by atoms with Gasteiger partial charge in [-0.15, -0.1) is 0 Å². The van der Waals surface area contributed by atoms with Crippen molar-refractivity contribution < 1.29 is 14.2 Å². The number of para-hydroxylation sites is 1. The van der Waals surface area contributed by atoms with Gasteiger partial charge in [-0.05, 0) is 30.3 Å². The van der Waals surface area contributed by atoms with Crippen molar-refractivity contribution in [3.63, 3.8) is 0 Å². The minimum Gasteiger partial charge on any atom is -0.508 e. The molecule has 25 heavy (non-hydrogen) atoms. The third-order valence-corrected chi connectivity index (χ3v) is 3.94. The summed E-state index contributed by atoms with van der Waals surface area (Å²) in [5, 5.41) is 13.1. The van der Waals surface area contributed by atoms with Crippen molar-refractivity contribution in [3.8, 4) is 17.0 Å². The normalized spacial score (nSPS) is 10.8. The average Bonchev–Trinajstić information content (AvgIpc) is 3.02. The highest BCUT2D eigenvalue weighted by atomic mass is 19.1. The zero-order valence-corrected chi connectivity index (χ0v) is 13.9. The van der Waals surface area contributed by atoms with Crippen LogP contribution in [0.15, 0.2) is 54.7 Å². The lowest BCUT2D eigenvalue weighted by Gasteiger charge is -2.13. The van der Waals surface area contributed by atoms with Gasteiger partial charge in [0, 0.05) is 31.3 Å². The number of imidazole rings is 1. The maximum atomic E-state index is 13.2. The Morgan fingerprint density at radius 3 is 2.64 bits per heavy atom. The van der Waals surface area contributed by atoms with Crippen LogP contribution in [0, 0.1) is 5.82 Å². The van der Waals surface area contributed by atoms with Gasteiger partial charge in [-0.25, -0.2) is 9.37 Å². The number of nitrogens with zero attached hydrogens (tertiary/aromatic N) is 2. The van der Waals surface area contributed by atoms with Crippen molar-refractivity contribution >= 4 is 5.95 Å². The molecule has 0 amide bonds. The number of nitrogens with one attached hydrogen (secondary N) is 1. The van der Waals surface area contributed by atoms with E-state index in [9.17, 15) is 9.50 Å². The largest absolute Gasteiger partial charge is 0.508 e. The molecule has 0 aliphatic rings. The van der Waals surface area contributed by atoms with Crippen LogP contribution in [-0.2, 0) is 17.8 Å². The molecule has 5 nitrogen and oxygen atoms in total. The molecule has 0 spiro atoms. The van der Waals surface area contributed by atoms with Gasteiger partial charge in [-0.3, -0.25) is 0 Å². The van der Waals surface area contributed by atoms with Crippen LogP contribution in [0.3, 0.4) is 0 Å². The molecule has 0 unspecified atom stereocenters. The van der Waals surface area contributed by atoms with Gasteiger partial charge < -0.3 is 19.7 Å². The molecule has 1 aromatic heterocycles. The highest BCUT2D eigenvalue weighted by molar-refractivity contribution is 5.61. The summed E-state index contributed by atoms with van der Waals surface area (Å²) < 4.78 is 20.3. The van der Waals surface area contributed by atoms with Crippen LogP contribution in [0.1, 0.15) is 5.56 Å². The summed E-state index contributed by atoms with van der Waals surface area (Å²) in [6.45, 7) is 1.57. The molecule has 0 saturated carbocycles. The standard InChI is InChI=1S/C19H20FN3O2/c1-25-11-10-23-17(14-6-8-16(20)9-7-14)13-22-19(23)21-12-15-4-2-3-5-18(15)24/h2-9,13,24H,10-12H2,1H3,(H,21,22). The first-order valence-electron chi connectivity index (χ1n) is 8.00. The molecule has 0 aliphatic heterocycles. The summed E-state index contributed by atoms with van der Waals surface area (Å²) in [5.74, 6) is 0.632. The van der Waals surface area contributed by atoms with Gasteiger partial charge in [0.25, 0.3) is 0 Å². The predicted octanol–water partition coefficient (Wildman–Crippen LogP) is 3.65. The molecule has 2 N–H and O–H groups in total. The van der Waals surface area contributed by atoms with E-state index in [1.807, 2.05) is 16.7 Å². The molecule has 0 bridgehead atoms. The van der Waals surface area contributed by atoms with Crippen molar-refractivity contribution in [1.29, 1.82) is 0 Å². The topological polar surface area (TPSA) is 59.3 Å². The van der Waals surface area contributed by atoms with Gasteiger partial charge in [0.15, 0.2) is 0 Å². The number of halogens is 1. The molecular formula is C19H20FN3O2. The molecule has 3 aromatic rings. The van der Waals surface area contributed by atoms with Gasteiger partial charge in [-0.2, -0.15) is 0 Å². The third kappa shape index (κ3) is 3.97. The number of phenolic OH excluding ortho intramolecular Hbond substituents is 1. The van der Waals surface area contributed by atoms with Crippen LogP contribution < -0.4 is 5.32 Å². The maximum absolute atomic E-state index is 13.2. The molecule has 130 valence electrons. The molecular weight excluding hydrogens is 321 g/mol. The zero-order chi connectivity index (χ0) is 17.6. The fourth-order valence-corrected chi connectivity index (χ4v) is 2.61. The van der Waals surface area contributed by atoms with Crippen LogP contribution in [0.5, 0.6) is 5.75 Å². The van der Waals surface area contributed by atoms with E-state index in [4.69, 9.17) is 4.74 Å². The van der Waals surface area contributed by atoms with E-state index in [-0.39, 0.29) is 11.6 Å². The van der Waals surface area contributed by atoms with E-state index in [1.54, 1.807) is 37.6 Å². The van der Waals surface area contributed by atoms with Gasteiger partial charge >= 0.3 is 0 Å². The molecule has 1 heterocycles. The Bertz CT molecular complexity index is 831. The van der Waals surface area contributed by atoms with Crippen LogP contribution in [0.2, 0.25) is 0 Å². The molecule has 0 radical (unpaired) electrons. The molecule has 6 heteroatoms. The van der Waals surface area contributed by atoms with E-state index in [1.165, 1.54) is 12.1 Å². The molecule has 0 aliphatic carbocycles. The first kappa shape index (κ1) is 17.0. The number of ether oxygens (including phenoxy) is 1. The Balaban J connectivity index is 1.86. The van der Waals surface area contributed by atoms with Crippen molar-refractivity contribution in [3.05, 3.63) is 66.1 Å². The van der Waals surface area contributed by atoms with E-state index in [2.05, 4.69) is 10.3 Å². The smallest absolute Gasteiger partial charge is 0.203 e. The Kier molecular flexibility index (Phi) is 5.30. The Hall–Kier alpha value is -2.86. The van der Waals surface area contributed by atoms with E-state index < -0.39 is 0 Å². The number of rotatable bonds is 7. The summed E-state index contributed by atoms with van der Waals surface area (Å²) in [6, 6.07) is 13.5. The lowest BCUT2D eigenvalue weighted by atomic mass is 10.1. The minimum atomic E-state index is -0.274. The first-order chi connectivity index (χ1) is 12.2. The van der Waals surface area contributed by atoms with Gasteiger partial charge in [0.05, 0.1) is 18.5 Å². The first-order valence-corrected chi connectivity index (χ1v) is 8.00. The summed E-state index contributed by atoms with van der Waals surface area (Å²) in [4.78, 5) is 4.43. The molecule has 2 aromatic carbocycles. The van der Waals surface area contributed by atoms with Crippen LogP contribution >= 0.6 is 0 Å². The fourth-order valence-electron chi connectivity index (χ4n) is 2.61. The van der Waals surface area contributed by atoms with Crippen molar-refractivity contribution in [2.45, 2.75) is 13.1 Å². The van der Waals surface area contributed by atoms with Crippen molar-refractivity contribution in [2.24, 2.45) is 0 Å². The fraction of sp³-hybridized carbons (Fsp3) is 0.211. The van der Waals surface area contributed by atoms with Crippen molar-refractivity contribution in [1.82, 2.24) is 9.55 Å². The average molecular weight is 341 g/mol. The molecule has 0 saturated heterocycles. The second-order valence-corrected chi connectivity index (χ2v) is 5.60. The van der Waals surface area contributed by atoms with Gasteiger partial charge in [-0.1, -0.05) is 18.2 Å². The highest BCUT2D eigenvalue weighted by Crippen LogP contribution is 2.24. The number of anilines is 1. The summed E-state index contributed by atoms with van der Waals surface area (Å²) in [5.41, 5.74) is 2.53. The number of hydrogen-bond donors (Lipinski definition) is 2. The van der Waals surface area contributed by atoms with Gasteiger partial charge in [0.1, 0.15) is 11.6 Å². The monoisotopic (exact) mass is 341 g/mol. The summed E-state index contributed by atoms with van der Waals surface area (Å²) in [7, 11) is 1.64. The number of methoxy groups -OCH3 is 1. The zero-order valence-electron chi connectivity index (χ0n) is 13.9. The van der Waals surface area contributed by atoms with Crippen LogP contribution in [0.4, 0.5) is 10.3 Å². The van der Waals surface area contributed by atoms with E-state index >= 15 is 0 Å². The summed E-state index contributed by atoms with van der Waals surface area (Å²) >= 11 is 0. The SMILES string of the molecule is COCCn1c(-c2ccc(F)cc2)cnc1NCc1ccccc1O. The lowest BCUT2D eigenvalue weighted by Crippen LogP contribution is -2.11. The lowest BCUT2D eigenvalue weighted by molar-refractivity contribution is 0.188. The predicted molar refractivity (Wildman–Crippen MR) is 94.9 cm³/mol. The number of benzene rings is 2. The maximum Gasteiger partial charge on any atom is 0.203 e. The second-order valence-electron chi connectivity index (χ2n) is 5.60. The molecule has 0 atom stereocenters. The number of aromatic hydroxyl groups is 1. The van der Waals surface area contributed by atoms with Crippen LogP contribution in [0.25, 0.3) is 11.3 Å². The molecule has 3 rings (SSSR count). The number of hydrogen-bond acceptors (Lipinski definition) is 4. The second kappa shape index (κ2) is 7.81. The Morgan fingerprint density at radius 1 is 1.16 bits per heavy atom. The molecule has 0 fully saturated rings. The van der Waals surface area contributed by atoms with Crippen molar-refractivity contribution in [2.75, 3.05) is 19.0 Å². The quantitative estimate of drug-likeness (QED) is 0.689.